The average Bonchev–Trinajstić information content (AvgIpc) is 3.22. The number of ketones is 1. The van der Waals surface area contributed by atoms with Crippen LogP contribution in [0.4, 0.5) is 0 Å². The maximum absolute atomic E-state index is 12.8. The van der Waals surface area contributed by atoms with Crippen molar-refractivity contribution in [2.45, 2.75) is 6.42 Å². The predicted molar refractivity (Wildman–Crippen MR) is 105 cm³/mol. The highest BCUT2D eigenvalue weighted by molar-refractivity contribution is 6.15. The largest absolute Gasteiger partial charge is 0.454 e. The molecule has 0 aliphatic carbocycles. The van der Waals surface area contributed by atoms with Gasteiger partial charge in [-0.05, 0) is 30.2 Å². The summed E-state index contributed by atoms with van der Waals surface area (Å²) in [7, 11) is 0. The zero-order valence-corrected chi connectivity index (χ0v) is 15.2. The van der Waals surface area contributed by atoms with Gasteiger partial charge in [0.25, 0.3) is 5.91 Å². The SMILES string of the molecule is O=C(NCCc1ccc2c(c1)OCO2)c1ccccc1C(=O)c1ccccc1. The van der Waals surface area contributed by atoms with E-state index in [1.165, 1.54) is 0 Å². The molecular formula is C23H19NO4. The molecule has 140 valence electrons. The summed E-state index contributed by atoms with van der Waals surface area (Å²) < 4.78 is 10.7. The monoisotopic (exact) mass is 373 g/mol. The number of hydrogen-bond acceptors (Lipinski definition) is 4. The molecule has 0 saturated heterocycles. The topological polar surface area (TPSA) is 64.6 Å². The molecule has 5 nitrogen and oxygen atoms in total. The Labute approximate surface area is 162 Å². The van der Waals surface area contributed by atoms with Crippen molar-refractivity contribution in [3.05, 3.63) is 95.1 Å². The fraction of sp³-hybridized carbons (Fsp3) is 0.130. The standard InChI is InChI=1S/C23H19NO4/c25-22(17-6-2-1-3-7-17)18-8-4-5-9-19(18)23(26)24-13-12-16-10-11-20-21(14-16)28-15-27-20/h1-11,14H,12-13,15H2,(H,24,26). The van der Waals surface area contributed by atoms with Gasteiger partial charge in [0, 0.05) is 17.7 Å². The Morgan fingerprint density at radius 1 is 0.821 bits per heavy atom. The molecule has 28 heavy (non-hydrogen) atoms. The van der Waals surface area contributed by atoms with Crippen LogP contribution < -0.4 is 14.8 Å². The Bertz CT molecular complexity index is 1010. The third-order valence-corrected chi connectivity index (χ3v) is 4.59. The van der Waals surface area contributed by atoms with Crippen molar-refractivity contribution in [2.75, 3.05) is 13.3 Å². The fourth-order valence-corrected chi connectivity index (χ4v) is 3.14. The summed E-state index contributed by atoms with van der Waals surface area (Å²) >= 11 is 0. The van der Waals surface area contributed by atoms with Gasteiger partial charge in [-0.2, -0.15) is 0 Å². The molecule has 0 atom stereocenters. The number of carbonyl (C=O) groups is 2. The summed E-state index contributed by atoms with van der Waals surface area (Å²) in [6.07, 6.45) is 0.650. The summed E-state index contributed by atoms with van der Waals surface area (Å²) in [6, 6.07) is 21.6. The maximum atomic E-state index is 12.8. The Morgan fingerprint density at radius 3 is 2.36 bits per heavy atom. The van der Waals surface area contributed by atoms with Crippen LogP contribution in [-0.2, 0) is 6.42 Å². The van der Waals surface area contributed by atoms with Crippen LogP contribution in [0.15, 0.2) is 72.8 Å². The highest BCUT2D eigenvalue weighted by Gasteiger charge is 2.18. The van der Waals surface area contributed by atoms with E-state index in [2.05, 4.69) is 5.32 Å². The van der Waals surface area contributed by atoms with Gasteiger partial charge < -0.3 is 14.8 Å². The van der Waals surface area contributed by atoms with Crippen LogP contribution in [0.2, 0.25) is 0 Å². The molecule has 3 aromatic carbocycles. The number of ether oxygens (including phenoxy) is 2. The van der Waals surface area contributed by atoms with Crippen LogP contribution in [0.3, 0.4) is 0 Å². The Balaban J connectivity index is 1.43. The van der Waals surface area contributed by atoms with E-state index in [0.29, 0.717) is 29.7 Å². The Morgan fingerprint density at radius 2 is 1.54 bits per heavy atom. The quantitative estimate of drug-likeness (QED) is 0.671. The van der Waals surface area contributed by atoms with Crippen molar-refractivity contribution in [2.24, 2.45) is 0 Å². The molecule has 0 spiro atoms. The molecule has 3 aromatic rings. The summed E-state index contributed by atoms with van der Waals surface area (Å²) in [4.78, 5) is 25.4. The molecule has 1 aliphatic rings. The second-order valence-corrected chi connectivity index (χ2v) is 6.43. The number of nitrogens with one attached hydrogen (secondary N) is 1. The summed E-state index contributed by atoms with van der Waals surface area (Å²) in [5.41, 5.74) is 2.37. The second kappa shape index (κ2) is 7.96. The molecule has 0 saturated carbocycles. The van der Waals surface area contributed by atoms with Crippen LogP contribution in [0.5, 0.6) is 11.5 Å². The number of hydrogen-bond donors (Lipinski definition) is 1. The lowest BCUT2D eigenvalue weighted by Gasteiger charge is -2.10. The first kappa shape index (κ1) is 17.8. The lowest BCUT2D eigenvalue weighted by Crippen LogP contribution is -2.27. The third kappa shape index (κ3) is 3.74. The van der Waals surface area contributed by atoms with Crippen molar-refractivity contribution in [3.63, 3.8) is 0 Å². The summed E-state index contributed by atoms with van der Waals surface area (Å²) in [6.45, 7) is 0.689. The summed E-state index contributed by atoms with van der Waals surface area (Å²) in [5, 5.41) is 2.90. The number of carbonyl (C=O) groups excluding carboxylic acids is 2. The van der Waals surface area contributed by atoms with Gasteiger partial charge in [0.05, 0.1) is 5.56 Å². The minimum atomic E-state index is -0.263. The van der Waals surface area contributed by atoms with Crippen LogP contribution >= 0.6 is 0 Å². The number of fused-ring (bicyclic) bond motifs is 1. The van der Waals surface area contributed by atoms with Crippen LogP contribution in [0.1, 0.15) is 31.8 Å². The molecule has 1 heterocycles. The molecule has 0 aromatic heterocycles. The van der Waals surface area contributed by atoms with Gasteiger partial charge in [0.1, 0.15) is 0 Å². The molecule has 5 heteroatoms. The van der Waals surface area contributed by atoms with Crippen molar-refractivity contribution in [1.29, 1.82) is 0 Å². The molecular weight excluding hydrogens is 354 g/mol. The third-order valence-electron chi connectivity index (χ3n) is 4.59. The zero-order chi connectivity index (χ0) is 19.3. The first-order valence-electron chi connectivity index (χ1n) is 9.08. The van der Waals surface area contributed by atoms with E-state index in [0.717, 1.165) is 17.1 Å². The van der Waals surface area contributed by atoms with Gasteiger partial charge in [0.15, 0.2) is 17.3 Å². The maximum Gasteiger partial charge on any atom is 0.252 e. The van der Waals surface area contributed by atoms with Crippen molar-refractivity contribution < 1.29 is 19.1 Å². The van der Waals surface area contributed by atoms with Gasteiger partial charge in [-0.1, -0.05) is 54.6 Å². The Kier molecular flexibility index (Phi) is 5.06. The van der Waals surface area contributed by atoms with Crippen LogP contribution in [0.25, 0.3) is 0 Å². The van der Waals surface area contributed by atoms with E-state index in [-0.39, 0.29) is 18.5 Å². The van der Waals surface area contributed by atoms with Crippen molar-refractivity contribution in [3.8, 4) is 11.5 Å². The zero-order valence-electron chi connectivity index (χ0n) is 15.2. The lowest BCUT2D eigenvalue weighted by atomic mass is 9.98. The lowest BCUT2D eigenvalue weighted by molar-refractivity contribution is 0.0942. The fourth-order valence-electron chi connectivity index (χ4n) is 3.14. The van der Waals surface area contributed by atoms with Crippen molar-refractivity contribution >= 4 is 11.7 Å². The predicted octanol–water partition coefficient (Wildman–Crippen LogP) is 3.62. The van der Waals surface area contributed by atoms with E-state index in [1.807, 2.05) is 24.3 Å². The van der Waals surface area contributed by atoms with Crippen molar-refractivity contribution in [1.82, 2.24) is 5.32 Å². The molecule has 0 radical (unpaired) electrons. The van der Waals surface area contributed by atoms with Gasteiger partial charge in [-0.15, -0.1) is 0 Å². The molecule has 1 amide bonds. The van der Waals surface area contributed by atoms with E-state index < -0.39 is 0 Å². The molecule has 1 N–H and O–H groups in total. The smallest absolute Gasteiger partial charge is 0.252 e. The van der Waals surface area contributed by atoms with E-state index in [1.54, 1.807) is 48.5 Å². The van der Waals surface area contributed by atoms with Gasteiger partial charge >= 0.3 is 0 Å². The first-order chi connectivity index (χ1) is 13.7. The highest BCUT2D eigenvalue weighted by Crippen LogP contribution is 2.32. The molecule has 0 bridgehead atoms. The highest BCUT2D eigenvalue weighted by atomic mass is 16.7. The van der Waals surface area contributed by atoms with Gasteiger partial charge in [-0.25, -0.2) is 0 Å². The first-order valence-corrected chi connectivity index (χ1v) is 9.08. The van der Waals surface area contributed by atoms with E-state index in [4.69, 9.17) is 9.47 Å². The van der Waals surface area contributed by atoms with Gasteiger partial charge in [0.2, 0.25) is 6.79 Å². The average molecular weight is 373 g/mol. The molecule has 1 aliphatic heterocycles. The molecule has 0 fully saturated rings. The van der Waals surface area contributed by atoms with E-state index in [9.17, 15) is 9.59 Å². The number of amides is 1. The number of rotatable bonds is 6. The van der Waals surface area contributed by atoms with Crippen LogP contribution in [0, 0.1) is 0 Å². The second-order valence-electron chi connectivity index (χ2n) is 6.43. The number of benzene rings is 3. The van der Waals surface area contributed by atoms with E-state index >= 15 is 0 Å². The minimum Gasteiger partial charge on any atom is -0.454 e. The summed E-state index contributed by atoms with van der Waals surface area (Å²) in [5.74, 6) is 1.03. The normalized spacial score (nSPS) is 11.9. The molecule has 0 unspecified atom stereocenters. The molecule has 4 rings (SSSR count). The van der Waals surface area contributed by atoms with Crippen LogP contribution in [-0.4, -0.2) is 25.0 Å². The Hall–Kier alpha value is -3.60. The minimum absolute atomic E-state index is 0.165. The van der Waals surface area contributed by atoms with Gasteiger partial charge in [-0.3, -0.25) is 9.59 Å².